The van der Waals surface area contributed by atoms with Crippen LogP contribution in [0.25, 0.3) is 0 Å². The SMILES string of the molecule is CCCC(CCO)CN=C(N)NC1CCN(C(=O)OCC)CC1. The van der Waals surface area contributed by atoms with Crippen molar-refractivity contribution in [3.63, 3.8) is 0 Å². The number of hydrogen-bond donors (Lipinski definition) is 3. The molecule has 134 valence electrons. The molecule has 23 heavy (non-hydrogen) atoms. The van der Waals surface area contributed by atoms with E-state index in [1.54, 1.807) is 4.90 Å². The van der Waals surface area contributed by atoms with E-state index in [1.165, 1.54) is 0 Å². The molecule has 0 aliphatic carbocycles. The number of nitrogens with one attached hydrogen (secondary N) is 1. The first-order chi connectivity index (χ1) is 11.1. The Labute approximate surface area is 139 Å². The predicted octanol–water partition coefficient (Wildman–Crippen LogP) is 1.31. The van der Waals surface area contributed by atoms with Crippen LogP contribution in [0.3, 0.4) is 0 Å². The number of ether oxygens (including phenoxy) is 1. The summed E-state index contributed by atoms with van der Waals surface area (Å²) in [4.78, 5) is 17.8. The van der Waals surface area contributed by atoms with Gasteiger partial charge in [0.2, 0.25) is 0 Å². The van der Waals surface area contributed by atoms with Gasteiger partial charge in [0.25, 0.3) is 0 Å². The highest BCUT2D eigenvalue weighted by Crippen LogP contribution is 2.12. The summed E-state index contributed by atoms with van der Waals surface area (Å²) in [6, 6.07) is 0.242. The third-order valence-corrected chi connectivity index (χ3v) is 4.13. The summed E-state index contributed by atoms with van der Waals surface area (Å²) in [5.74, 6) is 0.842. The van der Waals surface area contributed by atoms with Crippen molar-refractivity contribution in [3.8, 4) is 0 Å². The zero-order valence-corrected chi connectivity index (χ0v) is 14.5. The van der Waals surface area contributed by atoms with Gasteiger partial charge in [-0.3, -0.25) is 4.99 Å². The third-order valence-electron chi connectivity index (χ3n) is 4.13. The molecule has 0 spiro atoms. The van der Waals surface area contributed by atoms with Crippen molar-refractivity contribution in [2.75, 3.05) is 32.8 Å². The maximum atomic E-state index is 11.6. The lowest BCUT2D eigenvalue weighted by Crippen LogP contribution is -2.48. The minimum atomic E-state index is -0.237. The van der Waals surface area contributed by atoms with Crippen LogP contribution in [-0.2, 0) is 4.74 Å². The van der Waals surface area contributed by atoms with Crippen molar-refractivity contribution < 1.29 is 14.6 Å². The van der Waals surface area contributed by atoms with Gasteiger partial charge in [0, 0.05) is 32.3 Å². The molecule has 1 rings (SSSR count). The third kappa shape index (κ3) is 7.54. The number of aliphatic imine (C=N–C) groups is 1. The Morgan fingerprint density at radius 1 is 1.39 bits per heavy atom. The maximum absolute atomic E-state index is 11.6. The lowest BCUT2D eigenvalue weighted by Gasteiger charge is -2.31. The molecule has 1 saturated heterocycles. The van der Waals surface area contributed by atoms with Crippen LogP contribution in [0.15, 0.2) is 4.99 Å². The second-order valence-corrected chi connectivity index (χ2v) is 6.00. The highest BCUT2D eigenvalue weighted by Gasteiger charge is 2.23. The van der Waals surface area contributed by atoms with Gasteiger partial charge in [-0.1, -0.05) is 13.3 Å². The van der Waals surface area contributed by atoms with Gasteiger partial charge in [0.05, 0.1) is 6.61 Å². The summed E-state index contributed by atoms with van der Waals surface area (Å²) in [5.41, 5.74) is 5.96. The van der Waals surface area contributed by atoms with E-state index in [9.17, 15) is 4.79 Å². The molecule has 4 N–H and O–H groups in total. The summed E-state index contributed by atoms with van der Waals surface area (Å²) in [6.45, 7) is 6.54. The van der Waals surface area contributed by atoms with Gasteiger partial charge >= 0.3 is 6.09 Å². The standard InChI is InChI=1S/C16H32N4O3/c1-3-5-13(8-11-21)12-18-15(17)19-14-6-9-20(10-7-14)16(22)23-4-2/h13-14,21H,3-12H2,1-2H3,(H3,17,18,19). The molecule has 1 amide bonds. The summed E-state index contributed by atoms with van der Waals surface area (Å²) >= 11 is 0. The Bertz CT molecular complexity index is 362. The smallest absolute Gasteiger partial charge is 0.409 e. The van der Waals surface area contributed by atoms with E-state index in [4.69, 9.17) is 15.6 Å². The van der Waals surface area contributed by atoms with Crippen LogP contribution in [-0.4, -0.2) is 60.9 Å². The average Bonchev–Trinajstić information content (AvgIpc) is 2.54. The maximum Gasteiger partial charge on any atom is 0.409 e. The number of aliphatic hydroxyl groups excluding tert-OH is 1. The molecule has 0 bridgehead atoms. The molecule has 1 fully saturated rings. The van der Waals surface area contributed by atoms with Crippen LogP contribution >= 0.6 is 0 Å². The number of guanidine groups is 1. The van der Waals surface area contributed by atoms with E-state index in [1.807, 2.05) is 6.92 Å². The molecular weight excluding hydrogens is 296 g/mol. The number of carbonyl (C=O) groups excluding carboxylic acids is 1. The van der Waals surface area contributed by atoms with Crippen molar-refractivity contribution >= 4 is 12.1 Å². The Kier molecular flexibility index (Phi) is 9.43. The van der Waals surface area contributed by atoms with Crippen molar-refractivity contribution in [1.29, 1.82) is 0 Å². The number of rotatable bonds is 8. The number of piperidine rings is 1. The van der Waals surface area contributed by atoms with Crippen LogP contribution in [0.2, 0.25) is 0 Å². The van der Waals surface area contributed by atoms with Crippen LogP contribution in [0.5, 0.6) is 0 Å². The number of hydrogen-bond acceptors (Lipinski definition) is 4. The topological polar surface area (TPSA) is 100 Å². The number of amides is 1. The summed E-state index contributed by atoms with van der Waals surface area (Å²) < 4.78 is 5.01. The second-order valence-electron chi connectivity index (χ2n) is 6.00. The Morgan fingerprint density at radius 2 is 2.09 bits per heavy atom. The van der Waals surface area contributed by atoms with Crippen LogP contribution in [0.4, 0.5) is 4.79 Å². The number of nitrogens with two attached hydrogens (primary N) is 1. The fourth-order valence-electron chi connectivity index (χ4n) is 2.82. The van der Waals surface area contributed by atoms with Crippen LogP contribution in [0.1, 0.15) is 46.0 Å². The number of nitrogens with zero attached hydrogens (tertiary/aromatic N) is 2. The molecule has 7 heteroatoms. The zero-order chi connectivity index (χ0) is 17.1. The van der Waals surface area contributed by atoms with E-state index < -0.39 is 0 Å². The highest BCUT2D eigenvalue weighted by molar-refractivity contribution is 5.78. The first-order valence-electron chi connectivity index (χ1n) is 8.69. The van der Waals surface area contributed by atoms with E-state index >= 15 is 0 Å². The number of likely N-dealkylation sites (tertiary alicyclic amines) is 1. The zero-order valence-electron chi connectivity index (χ0n) is 14.5. The highest BCUT2D eigenvalue weighted by atomic mass is 16.6. The van der Waals surface area contributed by atoms with Crippen LogP contribution in [0, 0.1) is 5.92 Å². The molecule has 0 aromatic carbocycles. The van der Waals surface area contributed by atoms with Gasteiger partial charge in [-0.2, -0.15) is 0 Å². The predicted molar refractivity (Wildman–Crippen MR) is 91.3 cm³/mol. The molecule has 1 aliphatic rings. The molecule has 0 aromatic rings. The largest absolute Gasteiger partial charge is 0.450 e. The summed E-state index contributed by atoms with van der Waals surface area (Å²) in [5, 5.41) is 12.3. The fraction of sp³-hybridized carbons (Fsp3) is 0.875. The van der Waals surface area contributed by atoms with E-state index in [0.717, 1.165) is 32.1 Å². The van der Waals surface area contributed by atoms with Crippen molar-refractivity contribution in [1.82, 2.24) is 10.2 Å². The normalized spacial score (nSPS) is 17.9. The second kappa shape index (κ2) is 11.1. The lowest BCUT2D eigenvalue weighted by atomic mass is 10.0. The van der Waals surface area contributed by atoms with Crippen LogP contribution < -0.4 is 11.1 Å². The van der Waals surface area contributed by atoms with Gasteiger partial charge in [-0.15, -0.1) is 0 Å². The molecule has 1 heterocycles. The van der Waals surface area contributed by atoms with Gasteiger partial charge in [0.15, 0.2) is 5.96 Å². The van der Waals surface area contributed by atoms with Crippen molar-refractivity contribution in [3.05, 3.63) is 0 Å². The van der Waals surface area contributed by atoms with Gasteiger partial charge in [-0.05, 0) is 38.5 Å². The number of carbonyl (C=O) groups is 1. The minimum absolute atomic E-state index is 0.194. The van der Waals surface area contributed by atoms with Gasteiger partial charge < -0.3 is 25.8 Å². The van der Waals surface area contributed by atoms with Crippen molar-refractivity contribution in [2.45, 2.75) is 52.0 Å². The molecule has 1 atom stereocenters. The molecule has 1 aliphatic heterocycles. The molecular formula is C16H32N4O3. The van der Waals surface area contributed by atoms with E-state index in [2.05, 4.69) is 17.2 Å². The first-order valence-corrected chi connectivity index (χ1v) is 8.69. The first kappa shape index (κ1) is 19.5. The van der Waals surface area contributed by atoms with E-state index in [0.29, 0.717) is 38.1 Å². The average molecular weight is 328 g/mol. The Hall–Kier alpha value is -1.50. The Morgan fingerprint density at radius 3 is 2.65 bits per heavy atom. The van der Waals surface area contributed by atoms with Gasteiger partial charge in [0.1, 0.15) is 0 Å². The Balaban J connectivity index is 2.33. The lowest BCUT2D eigenvalue weighted by molar-refractivity contribution is 0.0963. The molecule has 7 nitrogen and oxygen atoms in total. The molecule has 0 saturated carbocycles. The molecule has 0 radical (unpaired) electrons. The summed E-state index contributed by atoms with van der Waals surface area (Å²) in [7, 11) is 0. The molecule has 1 unspecified atom stereocenters. The van der Waals surface area contributed by atoms with Gasteiger partial charge in [-0.25, -0.2) is 4.79 Å². The van der Waals surface area contributed by atoms with Crippen molar-refractivity contribution in [2.24, 2.45) is 16.6 Å². The summed E-state index contributed by atoms with van der Waals surface area (Å²) in [6.07, 6.45) is 4.34. The van der Waals surface area contributed by atoms with E-state index in [-0.39, 0.29) is 18.7 Å². The minimum Gasteiger partial charge on any atom is -0.450 e. The fourth-order valence-corrected chi connectivity index (χ4v) is 2.82. The monoisotopic (exact) mass is 328 g/mol. The number of aliphatic hydroxyl groups is 1. The molecule has 0 aromatic heterocycles. The quantitative estimate of drug-likeness (QED) is 0.461.